The third kappa shape index (κ3) is 4.02. The summed E-state index contributed by atoms with van der Waals surface area (Å²) in [4.78, 5) is 52.8. The van der Waals surface area contributed by atoms with Crippen molar-refractivity contribution >= 4 is 23.7 Å². The highest BCUT2D eigenvalue weighted by atomic mass is 16.6. The van der Waals surface area contributed by atoms with Gasteiger partial charge in [0.05, 0.1) is 25.7 Å². The van der Waals surface area contributed by atoms with Crippen molar-refractivity contribution in [3.05, 3.63) is 23.5 Å². The maximum absolute atomic E-state index is 13.5. The molecule has 0 aromatic rings. The van der Waals surface area contributed by atoms with Crippen molar-refractivity contribution < 1.29 is 53.4 Å². The van der Waals surface area contributed by atoms with E-state index < -0.39 is 82.3 Å². The Labute approximate surface area is 238 Å². The number of carbonyl (C=O) groups excluding carboxylic acids is 4. The van der Waals surface area contributed by atoms with Crippen molar-refractivity contribution in [3.8, 4) is 0 Å². The lowest BCUT2D eigenvalue weighted by Gasteiger charge is -2.67. The molecule has 11 heteroatoms. The van der Waals surface area contributed by atoms with E-state index in [0.29, 0.717) is 12.0 Å². The van der Waals surface area contributed by atoms with Crippen LogP contribution in [0.1, 0.15) is 65.7 Å². The third-order valence-corrected chi connectivity index (χ3v) is 10.6. The van der Waals surface area contributed by atoms with Gasteiger partial charge in [0.15, 0.2) is 11.5 Å². The Hall–Kier alpha value is -2.76. The molecule has 5 rings (SSSR count). The van der Waals surface area contributed by atoms with E-state index in [9.17, 15) is 34.5 Å². The van der Waals surface area contributed by atoms with E-state index in [0.717, 1.165) is 32.8 Å². The number of unbranched alkanes of at least 4 members (excludes halogenated alkanes) is 4. The van der Waals surface area contributed by atoms with Gasteiger partial charge in [0, 0.05) is 23.8 Å². The van der Waals surface area contributed by atoms with Crippen LogP contribution in [0.5, 0.6) is 0 Å². The fourth-order valence-electron chi connectivity index (χ4n) is 8.89. The molecule has 10 atom stereocenters. The van der Waals surface area contributed by atoms with Crippen molar-refractivity contribution in [2.75, 3.05) is 13.7 Å². The molecular weight excluding hydrogens is 536 g/mol. The van der Waals surface area contributed by atoms with Gasteiger partial charge in [0.25, 0.3) is 0 Å². The highest BCUT2D eigenvalue weighted by Gasteiger charge is 2.85. The molecule has 1 spiro atoms. The maximum atomic E-state index is 13.5. The lowest BCUT2D eigenvalue weighted by molar-refractivity contribution is -0.290. The number of carbonyl (C=O) groups is 4. The van der Waals surface area contributed by atoms with Crippen LogP contribution in [0.15, 0.2) is 23.5 Å². The van der Waals surface area contributed by atoms with Gasteiger partial charge in [0.2, 0.25) is 11.7 Å². The van der Waals surface area contributed by atoms with E-state index >= 15 is 0 Å². The molecule has 2 saturated heterocycles. The minimum atomic E-state index is -2.22. The molecular formula is C30H40O11. The number of methoxy groups -OCH3 is 1. The first-order valence-corrected chi connectivity index (χ1v) is 14.5. The lowest BCUT2D eigenvalue weighted by atomic mass is 9.38. The van der Waals surface area contributed by atoms with Gasteiger partial charge in [-0.3, -0.25) is 4.79 Å². The number of esters is 3. The molecule has 0 aromatic heterocycles. The molecule has 3 N–H and O–H groups in total. The molecule has 41 heavy (non-hydrogen) atoms. The van der Waals surface area contributed by atoms with Crippen LogP contribution in [0.2, 0.25) is 0 Å². The molecule has 3 aliphatic carbocycles. The Morgan fingerprint density at radius 1 is 1.15 bits per heavy atom. The van der Waals surface area contributed by atoms with Gasteiger partial charge < -0.3 is 34.3 Å². The van der Waals surface area contributed by atoms with E-state index in [4.69, 9.17) is 18.9 Å². The summed E-state index contributed by atoms with van der Waals surface area (Å²) in [7, 11) is 1.10. The van der Waals surface area contributed by atoms with Crippen LogP contribution < -0.4 is 0 Å². The molecule has 0 amide bonds. The number of rotatable bonds is 8. The van der Waals surface area contributed by atoms with Crippen LogP contribution >= 0.6 is 0 Å². The molecule has 2 bridgehead atoms. The second kappa shape index (κ2) is 10.5. The summed E-state index contributed by atoms with van der Waals surface area (Å²) in [6, 6.07) is 0. The monoisotopic (exact) mass is 576 g/mol. The quantitative estimate of drug-likeness (QED) is 0.168. The van der Waals surface area contributed by atoms with E-state index in [1.54, 1.807) is 19.9 Å². The molecule has 1 unspecified atom stereocenters. The van der Waals surface area contributed by atoms with Crippen molar-refractivity contribution in [2.24, 2.45) is 28.6 Å². The first kappa shape index (κ1) is 29.7. The zero-order chi connectivity index (χ0) is 29.9. The zero-order valence-corrected chi connectivity index (χ0v) is 24.0. The summed E-state index contributed by atoms with van der Waals surface area (Å²) in [6.45, 7) is 5.32. The van der Waals surface area contributed by atoms with Gasteiger partial charge >= 0.3 is 17.9 Å². The highest BCUT2D eigenvalue weighted by molar-refractivity contribution is 5.95. The molecule has 2 saturated carbocycles. The maximum Gasteiger partial charge on any atom is 0.348 e. The SMILES string of the molecule is CCCCCC/C=C\C(=O)O[C@H]1C(=O)O[C@@H]2C[C@H]3C(C)=C(O)C(=O)C[C@]3(C)[C@H]3[C@@H](O)[C@H](O)C4(C(=O)OC)OC[C@]32[C@@H]14. The molecule has 226 valence electrons. The summed E-state index contributed by atoms with van der Waals surface area (Å²) in [6.07, 6.45) is 1.66. The summed E-state index contributed by atoms with van der Waals surface area (Å²) in [5, 5.41) is 33.8. The lowest BCUT2D eigenvalue weighted by Crippen LogP contribution is -2.79. The van der Waals surface area contributed by atoms with Gasteiger partial charge in [0.1, 0.15) is 12.2 Å². The number of ether oxygens (including phenoxy) is 4. The van der Waals surface area contributed by atoms with Crippen molar-refractivity contribution in [1.82, 2.24) is 0 Å². The van der Waals surface area contributed by atoms with Gasteiger partial charge in [-0.05, 0) is 43.1 Å². The average molecular weight is 577 g/mol. The van der Waals surface area contributed by atoms with Gasteiger partial charge in [-0.25, -0.2) is 14.4 Å². The Bertz CT molecular complexity index is 1190. The first-order chi connectivity index (χ1) is 19.4. The predicted molar refractivity (Wildman–Crippen MR) is 141 cm³/mol. The van der Waals surface area contributed by atoms with Crippen LogP contribution in [-0.4, -0.2) is 82.7 Å². The smallest absolute Gasteiger partial charge is 0.348 e. The van der Waals surface area contributed by atoms with Crippen LogP contribution in [0.25, 0.3) is 0 Å². The molecule has 4 fully saturated rings. The van der Waals surface area contributed by atoms with E-state index in [1.165, 1.54) is 6.08 Å². The molecule has 2 aliphatic heterocycles. The molecule has 0 aromatic carbocycles. The normalized spacial score (nSPS) is 42.9. The van der Waals surface area contributed by atoms with Crippen molar-refractivity contribution in [3.63, 3.8) is 0 Å². The number of fused-ring (bicyclic) bond motifs is 2. The summed E-state index contributed by atoms with van der Waals surface area (Å²) >= 11 is 0. The van der Waals surface area contributed by atoms with E-state index in [1.807, 2.05) is 0 Å². The standard InChI is InChI=1S/C30H40O11/c1-5-6-7-8-9-10-11-19(32)41-22-24-29-14-39-30(24,27(37)38-4)25(35)21(34)23(29)28(3)13-17(31)20(33)15(2)16(28)12-18(29)40-26(22)36/h10-11,16,18,21-25,33-35H,5-9,12-14H2,1-4H3/b11-10-/t16-,18+,21+,22+,23+,24+,25-,28-,29+,30?/m0/s1. The largest absolute Gasteiger partial charge is 0.504 e. The Morgan fingerprint density at radius 2 is 1.88 bits per heavy atom. The molecule has 0 radical (unpaired) electrons. The first-order valence-electron chi connectivity index (χ1n) is 14.5. The highest BCUT2D eigenvalue weighted by Crippen LogP contribution is 2.72. The molecule has 11 nitrogen and oxygen atoms in total. The minimum Gasteiger partial charge on any atom is -0.504 e. The van der Waals surface area contributed by atoms with Gasteiger partial charge in [-0.1, -0.05) is 39.2 Å². The van der Waals surface area contributed by atoms with Crippen molar-refractivity contribution in [2.45, 2.75) is 95.7 Å². The minimum absolute atomic E-state index is 0.138. The second-order valence-corrected chi connectivity index (χ2v) is 12.5. The number of hydrogen-bond acceptors (Lipinski definition) is 11. The number of aliphatic hydroxyl groups is 3. The second-order valence-electron chi connectivity index (χ2n) is 12.5. The van der Waals surface area contributed by atoms with Crippen molar-refractivity contribution in [1.29, 1.82) is 0 Å². The molecule has 5 aliphatic rings. The number of allylic oxidation sites excluding steroid dienone is 3. The fourth-order valence-corrected chi connectivity index (χ4v) is 8.89. The Kier molecular flexibility index (Phi) is 7.61. The van der Waals surface area contributed by atoms with Crippen LogP contribution in [-0.2, 0) is 38.1 Å². The van der Waals surface area contributed by atoms with E-state index in [-0.39, 0.29) is 25.2 Å². The van der Waals surface area contributed by atoms with Crippen LogP contribution in [0.3, 0.4) is 0 Å². The number of ketones is 1. The molecule has 2 heterocycles. The predicted octanol–water partition coefficient (Wildman–Crippen LogP) is 2.08. The Morgan fingerprint density at radius 3 is 2.56 bits per heavy atom. The topological polar surface area (TPSA) is 166 Å². The average Bonchev–Trinajstić information content (AvgIpc) is 3.24. The third-order valence-electron chi connectivity index (χ3n) is 10.6. The zero-order valence-electron chi connectivity index (χ0n) is 24.0. The fraction of sp³-hybridized carbons (Fsp3) is 0.733. The number of aliphatic hydroxyl groups excluding tert-OH is 3. The summed E-state index contributed by atoms with van der Waals surface area (Å²) in [5.41, 5.74) is -4.11. The number of hydrogen-bond donors (Lipinski definition) is 3. The van der Waals surface area contributed by atoms with E-state index in [2.05, 4.69) is 6.92 Å². The summed E-state index contributed by atoms with van der Waals surface area (Å²) in [5.74, 6) is -6.23. The summed E-state index contributed by atoms with van der Waals surface area (Å²) < 4.78 is 22.7. The van der Waals surface area contributed by atoms with Gasteiger partial charge in [-0.15, -0.1) is 0 Å². The van der Waals surface area contributed by atoms with Gasteiger partial charge in [-0.2, -0.15) is 0 Å². The Balaban J connectivity index is 1.58. The number of Topliss-reactive ketones (excluding diaryl/α,β-unsaturated/α-hetero) is 1. The van der Waals surface area contributed by atoms with Crippen LogP contribution in [0, 0.1) is 28.6 Å². The van der Waals surface area contributed by atoms with Crippen LogP contribution in [0.4, 0.5) is 0 Å².